The molecule has 6 nitrogen and oxygen atoms in total. The molecule has 1 saturated heterocycles. The van der Waals surface area contributed by atoms with E-state index in [-0.39, 0.29) is 58.4 Å². The zero-order chi connectivity index (χ0) is 27.8. The molecule has 0 bridgehead atoms. The van der Waals surface area contributed by atoms with Gasteiger partial charge in [0.15, 0.2) is 0 Å². The van der Waals surface area contributed by atoms with Gasteiger partial charge in [-0.25, -0.2) is 4.79 Å². The first-order valence-corrected chi connectivity index (χ1v) is 15.8. The number of aromatic carboxylic acids is 1. The summed E-state index contributed by atoms with van der Waals surface area (Å²) < 4.78 is 52.4. The van der Waals surface area contributed by atoms with Gasteiger partial charge >= 0.3 is 12.1 Å². The number of carbonyl (C=O) groups is 2. The topological polar surface area (TPSA) is 76.1 Å². The van der Waals surface area contributed by atoms with Crippen molar-refractivity contribution in [1.29, 1.82) is 0 Å². The zero-order valence-electron chi connectivity index (χ0n) is 21.6. The molecule has 214 valence electrons. The van der Waals surface area contributed by atoms with Gasteiger partial charge in [-0.2, -0.15) is 13.2 Å². The Morgan fingerprint density at radius 2 is 1.77 bits per heavy atom. The second-order valence-corrected chi connectivity index (χ2v) is 14.0. The summed E-state index contributed by atoms with van der Waals surface area (Å²) in [5, 5.41) is 10.0. The molecule has 0 spiro atoms. The van der Waals surface area contributed by atoms with Crippen LogP contribution in [0.1, 0.15) is 85.2 Å². The standard InChI is InChI=1S/C28H33F3INO5S/c29-28(30,31)27(12-13-27)11-9-22-15-23(24(39-22)26(35)36)33(25(34)17-1-3-18(32)4-2-17)19-5-7-20(8-6-19)38-21-10-14-37-16-21/h15,17-21H,1-8,10,12-14,16H2,(H,35,36)/t17-,18-,19-,20-,21?. The van der Waals surface area contributed by atoms with E-state index in [0.717, 1.165) is 56.3 Å². The maximum Gasteiger partial charge on any atom is 0.405 e. The fraction of sp³-hybridized carbons (Fsp3) is 0.714. The molecule has 0 aromatic carbocycles. The molecule has 1 aliphatic heterocycles. The summed E-state index contributed by atoms with van der Waals surface area (Å²) in [6.07, 6.45) is 2.71. The number of carboxylic acid groups (broad SMARTS) is 1. The van der Waals surface area contributed by atoms with E-state index in [2.05, 4.69) is 34.4 Å². The number of carboxylic acids is 1. The highest BCUT2D eigenvalue weighted by atomic mass is 127. The van der Waals surface area contributed by atoms with Gasteiger partial charge in [0.1, 0.15) is 10.3 Å². The van der Waals surface area contributed by atoms with Crippen molar-refractivity contribution in [2.45, 2.75) is 99.0 Å². The molecule has 1 unspecified atom stereocenters. The van der Waals surface area contributed by atoms with Crippen LogP contribution in [0.3, 0.4) is 0 Å². The van der Waals surface area contributed by atoms with E-state index >= 15 is 0 Å². The second-order valence-electron chi connectivity index (χ2n) is 11.2. The Morgan fingerprint density at radius 3 is 2.33 bits per heavy atom. The highest BCUT2D eigenvalue weighted by Crippen LogP contribution is 2.57. The normalized spacial score (nSPS) is 30.3. The molecular formula is C28H33F3INO5S. The van der Waals surface area contributed by atoms with Gasteiger partial charge in [0.2, 0.25) is 5.91 Å². The van der Waals surface area contributed by atoms with E-state index in [1.165, 1.54) is 6.07 Å². The Bertz CT molecular complexity index is 1120. The molecule has 11 heteroatoms. The molecule has 3 saturated carbocycles. The van der Waals surface area contributed by atoms with E-state index in [9.17, 15) is 27.9 Å². The molecule has 39 heavy (non-hydrogen) atoms. The SMILES string of the molecule is O=C(O)c1sc(C#CC2(C(F)(F)F)CC2)cc1N(C(=O)[C@H]1CC[C@H](I)CC1)[C@H]1CC[C@H](OC2CCOC2)CC1. The van der Waals surface area contributed by atoms with Crippen LogP contribution < -0.4 is 4.90 Å². The lowest BCUT2D eigenvalue weighted by Gasteiger charge is -2.39. The maximum absolute atomic E-state index is 14.0. The summed E-state index contributed by atoms with van der Waals surface area (Å²) in [5.41, 5.74) is -1.74. The van der Waals surface area contributed by atoms with Gasteiger partial charge in [0, 0.05) is 22.5 Å². The molecule has 1 amide bonds. The highest BCUT2D eigenvalue weighted by Gasteiger charge is 2.62. The second kappa shape index (κ2) is 11.9. The third kappa shape index (κ3) is 6.60. The number of hydrogen-bond donors (Lipinski definition) is 1. The van der Waals surface area contributed by atoms with Crippen LogP contribution in [0.4, 0.5) is 18.9 Å². The van der Waals surface area contributed by atoms with E-state index in [0.29, 0.717) is 30.0 Å². The van der Waals surface area contributed by atoms with Gasteiger partial charge in [-0.3, -0.25) is 4.79 Å². The lowest BCUT2D eigenvalue weighted by molar-refractivity contribution is -0.168. The van der Waals surface area contributed by atoms with Crippen molar-refractivity contribution in [3.63, 3.8) is 0 Å². The first kappa shape index (κ1) is 29.1. The van der Waals surface area contributed by atoms with Crippen LogP contribution in [-0.2, 0) is 14.3 Å². The minimum atomic E-state index is -4.42. The van der Waals surface area contributed by atoms with Crippen molar-refractivity contribution in [3.8, 4) is 11.8 Å². The van der Waals surface area contributed by atoms with Gasteiger partial charge < -0.3 is 19.5 Å². The summed E-state index contributed by atoms with van der Waals surface area (Å²) in [5.74, 6) is 3.50. The maximum atomic E-state index is 14.0. The number of ether oxygens (including phenoxy) is 2. The minimum Gasteiger partial charge on any atom is -0.477 e. The van der Waals surface area contributed by atoms with Crippen molar-refractivity contribution >= 4 is 51.5 Å². The van der Waals surface area contributed by atoms with Crippen molar-refractivity contribution in [2.24, 2.45) is 11.3 Å². The zero-order valence-corrected chi connectivity index (χ0v) is 24.6. The number of rotatable bonds is 6. The average Bonchev–Trinajstić information content (AvgIpc) is 3.33. The van der Waals surface area contributed by atoms with Gasteiger partial charge in [-0.05, 0) is 76.7 Å². The smallest absolute Gasteiger partial charge is 0.405 e. The van der Waals surface area contributed by atoms with Crippen LogP contribution in [0, 0.1) is 23.2 Å². The predicted octanol–water partition coefficient (Wildman–Crippen LogP) is 6.58. The molecule has 5 rings (SSSR count). The Morgan fingerprint density at radius 1 is 1.08 bits per heavy atom. The molecule has 0 radical (unpaired) electrons. The van der Waals surface area contributed by atoms with Crippen LogP contribution in [-0.4, -0.2) is 58.5 Å². The summed E-state index contributed by atoms with van der Waals surface area (Å²) in [6.45, 7) is 1.30. The summed E-state index contributed by atoms with van der Waals surface area (Å²) in [7, 11) is 0. The quantitative estimate of drug-likeness (QED) is 0.209. The average molecular weight is 680 g/mol. The predicted molar refractivity (Wildman–Crippen MR) is 149 cm³/mol. The minimum absolute atomic E-state index is 0.0457. The van der Waals surface area contributed by atoms with Crippen molar-refractivity contribution in [2.75, 3.05) is 18.1 Å². The van der Waals surface area contributed by atoms with E-state index in [1.807, 2.05) is 0 Å². The fourth-order valence-corrected chi connectivity index (χ4v) is 7.45. The third-order valence-electron chi connectivity index (χ3n) is 8.41. The molecule has 4 aliphatic rings. The molecule has 1 atom stereocenters. The Hall–Kier alpha value is -1.36. The summed E-state index contributed by atoms with van der Waals surface area (Å²) in [6, 6.07) is 1.32. The van der Waals surface area contributed by atoms with E-state index in [1.54, 1.807) is 4.90 Å². The lowest BCUT2D eigenvalue weighted by Crippen LogP contribution is -2.47. The van der Waals surface area contributed by atoms with Gasteiger partial charge in [-0.1, -0.05) is 34.4 Å². The number of halogens is 4. The van der Waals surface area contributed by atoms with Crippen LogP contribution in [0.5, 0.6) is 0 Å². The van der Waals surface area contributed by atoms with Crippen LogP contribution >= 0.6 is 33.9 Å². The van der Waals surface area contributed by atoms with E-state index < -0.39 is 17.6 Å². The molecule has 1 aromatic heterocycles. The number of amides is 1. The van der Waals surface area contributed by atoms with Gasteiger partial charge in [0.25, 0.3) is 0 Å². The van der Waals surface area contributed by atoms with Crippen LogP contribution in [0.15, 0.2) is 6.07 Å². The van der Waals surface area contributed by atoms with Gasteiger partial charge in [0.05, 0.1) is 29.4 Å². The molecule has 3 aliphatic carbocycles. The molecule has 2 heterocycles. The van der Waals surface area contributed by atoms with Crippen molar-refractivity contribution in [1.82, 2.24) is 0 Å². The molecule has 1 N–H and O–H groups in total. The van der Waals surface area contributed by atoms with Crippen LogP contribution in [0.25, 0.3) is 0 Å². The highest BCUT2D eigenvalue weighted by molar-refractivity contribution is 14.1. The Balaban J connectivity index is 1.41. The first-order chi connectivity index (χ1) is 18.6. The van der Waals surface area contributed by atoms with Crippen molar-refractivity contribution in [3.05, 3.63) is 15.8 Å². The third-order valence-corrected chi connectivity index (χ3v) is 10.7. The Labute approximate surface area is 244 Å². The fourth-order valence-electron chi connectivity index (χ4n) is 5.88. The molecule has 4 fully saturated rings. The number of thiophene rings is 1. The largest absolute Gasteiger partial charge is 0.477 e. The number of anilines is 1. The lowest BCUT2D eigenvalue weighted by atomic mass is 9.86. The van der Waals surface area contributed by atoms with Crippen LogP contribution in [0.2, 0.25) is 0 Å². The first-order valence-electron chi connectivity index (χ1n) is 13.7. The Kier molecular flexibility index (Phi) is 8.86. The monoisotopic (exact) mass is 679 g/mol. The van der Waals surface area contributed by atoms with Crippen molar-refractivity contribution < 1.29 is 37.3 Å². The summed E-state index contributed by atoms with van der Waals surface area (Å²) in [4.78, 5) is 28.2. The van der Waals surface area contributed by atoms with E-state index in [4.69, 9.17) is 9.47 Å². The number of hydrogen-bond acceptors (Lipinski definition) is 5. The summed E-state index contributed by atoms with van der Waals surface area (Å²) >= 11 is 3.26. The molecule has 1 aromatic rings. The number of alkyl halides is 4. The number of carbonyl (C=O) groups excluding carboxylic acids is 1. The van der Waals surface area contributed by atoms with Gasteiger partial charge in [-0.15, -0.1) is 11.3 Å². The molecular weight excluding hydrogens is 646 g/mol. The number of nitrogens with zero attached hydrogens (tertiary/aromatic N) is 1.